The van der Waals surface area contributed by atoms with Crippen molar-refractivity contribution in [3.63, 3.8) is 0 Å². The molecule has 0 aliphatic carbocycles. The molecule has 6 nitrogen and oxygen atoms in total. The van der Waals surface area contributed by atoms with Crippen molar-refractivity contribution in [3.8, 4) is 11.1 Å². The summed E-state index contributed by atoms with van der Waals surface area (Å²) in [6, 6.07) is 2.74. The number of thiocarbonyl (C=S) groups is 1. The molecule has 4 rings (SSSR count). The second-order valence-corrected chi connectivity index (χ2v) is 12.2. The Morgan fingerprint density at radius 1 is 1.05 bits per heavy atom. The van der Waals surface area contributed by atoms with Crippen LogP contribution in [0.2, 0.25) is 0 Å². The van der Waals surface area contributed by atoms with Gasteiger partial charge in [-0.15, -0.1) is 11.3 Å². The lowest BCUT2D eigenvalue weighted by molar-refractivity contribution is -0.143. The van der Waals surface area contributed by atoms with Crippen molar-refractivity contribution in [1.82, 2.24) is 9.80 Å². The molecule has 2 fully saturated rings. The van der Waals surface area contributed by atoms with Gasteiger partial charge >= 0.3 is 18.3 Å². The fraction of sp³-hybridized carbons (Fsp3) is 0.385. The molecule has 0 spiro atoms. The minimum absolute atomic E-state index is 0.0141. The van der Waals surface area contributed by atoms with Crippen molar-refractivity contribution in [2.24, 2.45) is 5.92 Å². The highest BCUT2D eigenvalue weighted by molar-refractivity contribution is 8.26. The number of likely N-dealkylation sites (tertiary alicyclic amines) is 1. The van der Waals surface area contributed by atoms with Crippen LogP contribution in [-0.2, 0) is 26.7 Å². The fourth-order valence-electron chi connectivity index (χ4n) is 4.59. The van der Waals surface area contributed by atoms with Crippen LogP contribution in [0.5, 0.6) is 0 Å². The Labute approximate surface area is 244 Å². The van der Waals surface area contributed by atoms with E-state index in [-0.39, 0.29) is 57.6 Å². The van der Waals surface area contributed by atoms with E-state index in [0.29, 0.717) is 36.5 Å². The lowest BCUT2D eigenvalue weighted by Gasteiger charge is -2.32. The van der Waals surface area contributed by atoms with Crippen LogP contribution >= 0.6 is 35.3 Å². The molecule has 1 atom stereocenters. The van der Waals surface area contributed by atoms with E-state index in [4.69, 9.17) is 17.3 Å². The number of rotatable bonds is 7. The van der Waals surface area contributed by atoms with Gasteiger partial charge in [-0.25, -0.2) is 0 Å². The number of carboxylic acids is 1. The Bertz CT molecular complexity index is 1370. The summed E-state index contributed by atoms with van der Waals surface area (Å²) in [5.41, 5.74) is -2.99. The van der Waals surface area contributed by atoms with E-state index >= 15 is 0 Å². The van der Waals surface area contributed by atoms with Gasteiger partial charge < -0.3 is 10.0 Å². The monoisotopic (exact) mass is 636 g/mol. The predicted molar refractivity (Wildman–Crippen MR) is 146 cm³/mol. The maximum Gasteiger partial charge on any atom is 0.416 e. The number of carbonyl (C=O) groups excluding carboxylic acids is 2. The number of hydrogen-bond donors (Lipinski definition) is 1. The molecule has 3 heterocycles. The first-order valence-corrected chi connectivity index (χ1v) is 14.4. The Balaban J connectivity index is 1.45. The molecule has 2 aliphatic rings. The number of halogens is 6. The van der Waals surface area contributed by atoms with Crippen molar-refractivity contribution in [2.75, 3.05) is 19.6 Å². The molecule has 1 aromatic heterocycles. The molecule has 2 aromatic rings. The van der Waals surface area contributed by atoms with Crippen LogP contribution in [0.25, 0.3) is 17.2 Å². The third-order valence-electron chi connectivity index (χ3n) is 6.57. The van der Waals surface area contributed by atoms with Crippen LogP contribution in [0.15, 0.2) is 34.6 Å². The molecule has 0 radical (unpaired) electrons. The minimum atomic E-state index is -4.97. The van der Waals surface area contributed by atoms with Gasteiger partial charge in [0.25, 0.3) is 5.91 Å². The normalized spacial score (nSPS) is 19.4. The third kappa shape index (κ3) is 7.68. The standard InChI is InChI=1S/C26H22F6N2O4S3/c27-25(28,29)17-7-15(8-18(10-17)26(30,31)32)16-9-19(40-13-16)11-20-23(38)34(24(39)41-20)5-3-21(35)33-4-1-2-14(12-33)6-22(36)37/h7-11,13-14H,1-6,12H2,(H,36,37)/t14-/m0/s1. The highest BCUT2D eigenvalue weighted by Gasteiger charge is 2.37. The van der Waals surface area contributed by atoms with E-state index in [1.807, 2.05) is 0 Å². The van der Waals surface area contributed by atoms with E-state index in [2.05, 4.69) is 0 Å². The van der Waals surface area contributed by atoms with Gasteiger partial charge in [-0.3, -0.25) is 19.3 Å². The van der Waals surface area contributed by atoms with Crippen molar-refractivity contribution >= 4 is 63.5 Å². The van der Waals surface area contributed by atoms with Crippen LogP contribution in [0.4, 0.5) is 26.3 Å². The summed E-state index contributed by atoms with van der Waals surface area (Å²) < 4.78 is 79.7. The van der Waals surface area contributed by atoms with Gasteiger partial charge in [0, 0.05) is 37.4 Å². The lowest BCUT2D eigenvalue weighted by atomic mass is 9.94. The van der Waals surface area contributed by atoms with Crippen LogP contribution in [0.1, 0.15) is 41.7 Å². The van der Waals surface area contributed by atoms with Gasteiger partial charge in [0.15, 0.2) is 0 Å². The number of hydrogen-bond acceptors (Lipinski definition) is 6. The van der Waals surface area contributed by atoms with Crippen molar-refractivity contribution in [2.45, 2.75) is 38.0 Å². The molecule has 1 N–H and O–H groups in total. The smallest absolute Gasteiger partial charge is 0.416 e. The minimum Gasteiger partial charge on any atom is -0.481 e. The van der Waals surface area contributed by atoms with Crippen LogP contribution < -0.4 is 0 Å². The first kappa shape index (κ1) is 31.0. The molecular weight excluding hydrogens is 614 g/mol. The van der Waals surface area contributed by atoms with Gasteiger partial charge in [-0.2, -0.15) is 26.3 Å². The van der Waals surface area contributed by atoms with Gasteiger partial charge in [0.1, 0.15) is 4.32 Å². The highest BCUT2D eigenvalue weighted by Crippen LogP contribution is 2.40. The van der Waals surface area contributed by atoms with E-state index in [0.717, 1.165) is 29.5 Å². The second-order valence-electron chi connectivity index (χ2n) is 9.56. The quantitative estimate of drug-likeness (QED) is 0.206. The number of thiophene rings is 1. The zero-order valence-corrected chi connectivity index (χ0v) is 23.5. The van der Waals surface area contributed by atoms with Crippen LogP contribution in [0, 0.1) is 5.92 Å². The zero-order valence-electron chi connectivity index (χ0n) is 21.1. The lowest BCUT2D eigenvalue weighted by Crippen LogP contribution is -2.42. The maximum absolute atomic E-state index is 13.2. The number of amides is 2. The topological polar surface area (TPSA) is 77.9 Å². The van der Waals surface area contributed by atoms with Crippen molar-refractivity contribution < 1.29 is 45.8 Å². The number of thioether (sulfide) groups is 1. The number of carbonyl (C=O) groups is 3. The van der Waals surface area contributed by atoms with Gasteiger partial charge in [0.05, 0.1) is 16.0 Å². The number of aliphatic carboxylic acids is 1. The summed E-state index contributed by atoms with van der Waals surface area (Å²) in [4.78, 5) is 40.2. The van der Waals surface area contributed by atoms with Gasteiger partial charge in [-0.05, 0) is 65.6 Å². The Kier molecular flexibility index (Phi) is 9.19. The van der Waals surface area contributed by atoms with E-state index in [9.17, 15) is 40.7 Å². The second kappa shape index (κ2) is 12.1. The van der Waals surface area contributed by atoms with E-state index in [1.165, 1.54) is 22.4 Å². The fourth-order valence-corrected chi connectivity index (χ4v) is 6.82. The van der Waals surface area contributed by atoms with E-state index in [1.54, 1.807) is 4.90 Å². The van der Waals surface area contributed by atoms with E-state index < -0.39 is 35.4 Å². The van der Waals surface area contributed by atoms with Gasteiger partial charge in [0.2, 0.25) is 5.91 Å². The molecule has 2 saturated heterocycles. The number of piperidine rings is 1. The largest absolute Gasteiger partial charge is 0.481 e. The van der Waals surface area contributed by atoms with Gasteiger partial charge in [-0.1, -0.05) is 24.0 Å². The van der Waals surface area contributed by atoms with Crippen LogP contribution in [0.3, 0.4) is 0 Å². The molecule has 0 bridgehead atoms. The first-order valence-electron chi connectivity index (χ1n) is 12.2. The zero-order chi connectivity index (χ0) is 30.1. The summed E-state index contributed by atoms with van der Waals surface area (Å²) in [5.74, 6) is -1.74. The molecule has 1 aromatic carbocycles. The number of alkyl halides is 6. The van der Waals surface area contributed by atoms with Crippen molar-refractivity contribution in [3.05, 3.63) is 50.6 Å². The number of carboxylic acid groups (broad SMARTS) is 1. The molecule has 2 aliphatic heterocycles. The summed E-state index contributed by atoms with van der Waals surface area (Å²) in [5, 5.41) is 10.4. The molecule has 220 valence electrons. The average molecular weight is 637 g/mol. The number of benzene rings is 1. The summed E-state index contributed by atoms with van der Waals surface area (Å²) in [7, 11) is 0. The summed E-state index contributed by atoms with van der Waals surface area (Å²) in [6.45, 7) is 0.853. The SMILES string of the molecule is O=C(O)C[C@@H]1CCCN(C(=O)CCN2C(=O)C(=Cc3cc(-c4cc(C(F)(F)F)cc(C(F)(F)F)c4)cs3)SC2=S)C1. The molecule has 0 unspecified atom stereocenters. The summed E-state index contributed by atoms with van der Waals surface area (Å²) in [6.07, 6.45) is -7.12. The Hall–Kier alpha value is -2.91. The highest BCUT2D eigenvalue weighted by atomic mass is 32.2. The molecule has 41 heavy (non-hydrogen) atoms. The Morgan fingerprint density at radius 3 is 2.32 bits per heavy atom. The van der Waals surface area contributed by atoms with Crippen molar-refractivity contribution in [1.29, 1.82) is 0 Å². The molecule has 15 heteroatoms. The number of nitrogens with zero attached hydrogens (tertiary/aromatic N) is 2. The summed E-state index contributed by atoms with van der Waals surface area (Å²) >= 11 is 7.30. The van der Waals surface area contributed by atoms with Crippen LogP contribution in [-0.4, -0.2) is 56.6 Å². The third-order valence-corrected chi connectivity index (χ3v) is 8.83. The average Bonchev–Trinajstić information content (AvgIpc) is 3.45. The molecule has 0 saturated carbocycles. The predicted octanol–water partition coefficient (Wildman–Crippen LogP) is 6.76. The Morgan fingerprint density at radius 2 is 1.71 bits per heavy atom. The molecule has 2 amide bonds. The first-order chi connectivity index (χ1) is 19.1. The molecular formula is C26H22F6N2O4S3. The maximum atomic E-state index is 13.2.